The van der Waals surface area contributed by atoms with Crippen LogP contribution >= 0.6 is 22.9 Å². The van der Waals surface area contributed by atoms with E-state index in [0.29, 0.717) is 13.1 Å². The van der Waals surface area contributed by atoms with Gasteiger partial charge in [0.05, 0.1) is 11.4 Å². The molecule has 0 bridgehead atoms. The molecule has 4 rings (SSSR count). The summed E-state index contributed by atoms with van der Waals surface area (Å²) in [7, 11) is 1.99. The largest absolute Gasteiger partial charge is 0.368 e. The molecule has 146 valence electrons. The van der Waals surface area contributed by atoms with E-state index in [1.165, 1.54) is 16.9 Å². The van der Waals surface area contributed by atoms with Crippen LogP contribution in [0.5, 0.6) is 0 Å². The van der Waals surface area contributed by atoms with Crippen LogP contribution in [0.15, 0.2) is 36.5 Å². The van der Waals surface area contributed by atoms with Crippen LogP contribution in [0, 0.1) is 13.8 Å². The van der Waals surface area contributed by atoms with Gasteiger partial charge in [0.1, 0.15) is 9.88 Å². The highest BCUT2D eigenvalue weighted by Crippen LogP contribution is 2.30. The lowest BCUT2D eigenvalue weighted by atomic mass is 10.1. The second-order valence-electron chi connectivity index (χ2n) is 7.15. The fourth-order valence-electron chi connectivity index (χ4n) is 3.60. The molecule has 5 nitrogen and oxygen atoms in total. The highest BCUT2D eigenvalue weighted by molar-refractivity contribution is 7.17. The average molecular weight is 415 g/mol. The number of hydrogen-bond acceptors (Lipinski definition) is 4. The van der Waals surface area contributed by atoms with Crippen LogP contribution in [0.1, 0.15) is 20.9 Å². The zero-order chi connectivity index (χ0) is 19.8. The van der Waals surface area contributed by atoms with Crippen LogP contribution in [-0.2, 0) is 7.05 Å². The third-order valence-electron chi connectivity index (χ3n) is 5.23. The molecule has 0 N–H and O–H groups in total. The Labute approximate surface area is 174 Å². The van der Waals surface area contributed by atoms with Crippen molar-refractivity contribution in [3.05, 3.63) is 57.7 Å². The molecule has 1 aliphatic rings. The van der Waals surface area contributed by atoms with Gasteiger partial charge in [0.2, 0.25) is 0 Å². The van der Waals surface area contributed by atoms with E-state index in [9.17, 15) is 4.79 Å². The number of aromatic nitrogens is 2. The zero-order valence-electron chi connectivity index (χ0n) is 16.3. The van der Waals surface area contributed by atoms with Crippen LogP contribution < -0.4 is 4.90 Å². The van der Waals surface area contributed by atoms with Gasteiger partial charge < -0.3 is 14.4 Å². The highest BCUT2D eigenvalue weighted by atomic mass is 35.5. The summed E-state index contributed by atoms with van der Waals surface area (Å²) in [4.78, 5) is 22.7. The minimum absolute atomic E-state index is 0.0814. The quantitative estimate of drug-likeness (QED) is 0.638. The first-order chi connectivity index (χ1) is 13.4. The van der Waals surface area contributed by atoms with Crippen molar-refractivity contribution in [1.29, 1.82) is 0 Å². The Bertz CT molecular complexity index is 1020. The van der Waals surface area contributed by atoms with Crippen LogP contribution in [-0.4, -0.2) is 46.5 Å². The molecule has 0 radical (unpaired) electrons. The summed E-state index contributed by atoms with van der Waals surface area (Å²) in [5.41, 5.74) is 4.20. The van der Waals surface area contributed by atoms with E-state index in [1.54, 1.807) is 0 Å². The van der Waals surface area contributed by atoms with Crippen molar-refractivity contribution >= 4 is 34.5 Å². The van der Waals surface area contributed by atoms with Crippen molar-refractivity contribution in [3.63, 3.8) is 0 Å². The minimum atomic E-state index is 0.0814. The topological polar surface area (TPSA) is 41.4 Å². The number of rotatable bonds is 3. The summed E-state index contributed by atoms with van der Waals surface area (Å²) in [5.74, 6) is 0.0814. The molecule has 3 heterocycles. The molecule has 2 aromatic heterocycles. The number of hydrogen-bond donors (Lipinski definition) is 0. The van der Waals surface area contributed by atoms with Crippen molar-refractivity contribution in [1.82, 2.24) is 14.5 Å². The van der Waals surface area contributed by atoms with Crippen molar-refractivity contribution < 1.29 is 4.79 Å². The lowest BCUT2D eigenvalue weighted by molar-refractivity contribution is 0.0750. The van der Waals surface area contributed by atoms with E-state index in [-0.39, 0.29) is 5.91 Å². The smallest absolute Gasteiger partial charge is 0.265 e. The Morgan fingerprint density at radius 2 is 1.89 bits per heavy atom. The number of halogens is 1. The fourth-order valence-corrected chi connectivity index (χ4v) is 4.87. The number of amides is 1. The van der Waals surface area contributed by atoms with E-state index >= 15 is 0 Å². The third kappa shape index (κ3) is 3.54. The summed E-state index contributed by atoms with van der Waals surface area (Å²) < 4.78 is 2.03. The van der Waals surface area contributed by atoms with Crippen LogP contribution in [0.3, 0.4) is 0 Å². The maximum absolute atomic E-state index is 13.1. The monoisotopic (exact) mass is 414 g/mol. The Kier molecular flexibility index (Phi) is 5.17. The lowest BCUT2D eigenvalue weighted by Crippen LogP contribution is -2.49. The number of piperazine rings is 1. The second kappa shape index (κ2) is 7.60. The van der Waals surface area contributed by atoms with Crippen LogP contribution in [0.25, 0.3) is 10.7 Å². The SMILES string of the molecule is Cc1ccc(Cl)cc1N1CCN(C(=O)c2sc(-c3cccn3C)nc2C)CC1. The number of thiazole rings is 1. The normalized spacial score (nSPS) is 14.6. The van der Waals surface area contributed by atoms with Crippen molar-refractivity contribution in [2.24, 2.45) is 7.05 Å². The van der Waals surface area contributed by atoms with Crippen molar-refractivity contribution in [3.8, 4) is 10.7 Å². The Hall–Kier alpha value is -2.31. The molecular formula is C21H23ClN4OS. The summed E-state index contributed by atoms with van der Waals surface area (Å²) in [5, 5.41) is 1.63. The predicted octanol–water partition coefficient (Wildman–Crippen LogP) is 4.38. The van der Waals surface area contributed by atoms with E-state index in [0.717, 1.165) is 45.1 Å². The van der Waals surface area contributed by atoms with Gasteiger partial charge in [0, 0.05) is 50.1 Å². The van der Waals surface area contributed by atoms with Crippen LogP contribution in [0.2, 0.25) is 5.02 Å². The van der Waals surface area contributed by atoms with E-state index in [2.05, 4.69) is 16.8 Å². The number of nitrogens with zero attached hydrogens (tertiary/aromatic N) is 4. The maximum atomic E-state index is 13.1. The fraction of sp³-hybridized carbons (Fsp3) is 0.333. The summed E-state index contributed by atoms with van der Waals surface area (Å²) >= 11 is 7.65. The van der Waals surface area contributed by atoms with Gasteiger partial charge >= 0.3 is 0 Å². The molecule has 1 saturated heterocycles. The molecule has 0 atom stereocenters. The number of benzene rings is 1. The van der Waals surface area contributed by atoms with Gasteiger partial charge in [0.25, 0.3) is 5.91 Å². The van der Waals surface area contributed by atoms with Gasteiger partial charge in [-0.25, -0.2) is 4.98 Å². The molecule has 0 unspecified atom stereocenters. The van der Waals surface area contributed by atoms with Gasteiger partial charge in [-0.2, -0.15) is 0 Å². The first kappa shape index (κ1) is 19.0. The standard InChI is InChI=1S/C21H23ClN4OS/c1-14-6-7-16(22)13-18(14)25-9-11-26(12-10-25)21(27)19-15(2)23-20(28-19)17-5-4-8-24(17)3/h4-8,13H,9-12H2,1-3H3. The van der Waals surface area contributed by atoms with Gasteiger partial charge in [-0.3, -0.25) is 4.79 Å². The molecule has 1 amide bonds. The van der Waals surface area contributed by atoms with Gasteiger partial charge in [-0.1, -0.05) is 17.7 Å². The number of carbonyl (C=O) groups excluding carboxylic acids is 1. The summed E-state index contributed by atoms with van der Waals surface area (Å²) in [6.45, 7) is 7.00. The number of aryl methyl sites for hydroxylation is 3. The Balaban J connectivity index is 1.48. The highest BCUT2D eigenvalue weighted by Gasteiger charge is 2.26. The van der Waals surface area contributed by atoms with E-state index < -0.39 is 0 Å². The Morgan fingerprint density at radius 1 is 1.14 bits per heavy atom. The first-order valence-corrected chi connectivity index (χ1v) is 10.5. The van der Waals surface area contributed by atoms with Crippen molar-refractivity contribution in [2.75, 3.05) is 31.1 Å². The zero-order valence-corrected chi connectivity index (χ0v) is 17.8. The second-order valence-corrected chi connectivity index (χ2v) is 8.58. The molecule has 7 heteroatoms. The number of anilines is 1. The molecular weight excluding hydrogens is 392 g/mol. The predicted molar refractivity (Wildman–Crippen MR) is 116 cm³/mol. The number of carbonyl (C=O) groups is 1. The molecule has 3 aromatic rings. The Morgan fingerprint density at radius 3 is 2.57 bits per heavy atom. The minimum Gasteiger partial charge on any atom is -0.368 e. The maximum Gasteiger partial charge on any atom is 0.265 e. The summed E-state index contributed by atoms with van der Waals surface area (Å²) in [6, 6.07) is 9.98. The molecule has 1 aromatic carbocycles. The lowest BCUT2D eigenvalue weighted by Gasteiger charge is -2.36. The molecule has 0 spiro atoms. The average Bonchev–Trinajstić information content (AvgIpc) is 3.28. The van der Waals surface area contributed by atoms with Gasteiger partial charge in [0.15, 0.2) is 0 Å². The third-order valence-corrected chi connectivity index (χ3v) is 6.64. The first-order valence-electron chi connectivity index (χ1n) is 9.33. The van der Waals surface area contributed by atoms with E-state index in [1.807, 2.05) is 60.0 Å². The molecule has 1 aliphatic heterocycles. The van der Waals surface area contributed by atoms with E-state index in [4.69, 9.17) is 11.6 Å². The molecule has 28 heavy (non-hydrogen) atoms. The summed E-state index contributed by atoms with van der Waals surface area (Å²) in [6.07, 6.45) is 1.99. The molecule has 1 fully saturated rings. The molecule has 0 saturated carbocycles. The van der Waals surface area contributed by atoms with Gasteiger partial charge in [-0.15, -0.1) is 11.3 Å². The molecule has 0 aliphatic carbocycles. The van der Waals surface area contributed by atoms with Crippen molar-refractivity contribution in [2.45, 2.75) is 13.8 Å². The van der Waals surface area contributed by atoms with Gasteiger partial charge in [-0.05, 0) is 43.7 Å². The van der Waals surface area contributed by atoms with Crippen LogP contribution in [0.4, 0.5) is 5.69 Å².